The molecule has 2 aliphatic rings. The van der Waals surface area contributed by atoms with Crippen LogP contribution in [0, 0.1) is 12.8 Å². The number of rotatable bonds is 5. The van der Waals surface area contributed by atoms with Gasteiger partial charge in [-0.2, -0.15) is 0 Å². The summed E-state index contributed by atoms with van der Waals surface area (Å²) in [6.45, 7) is 12.0. The van der Waals surface area contributed by atoms with Crippen molar-refractivity contribution in [1.82, 2.24) is 9.80 Å². The van der Waals surface area contributed by atoms with E-state index in [2.05, 4.69) is 16.7 Å². The summed E-state index contributed by atoms with van der Waals surface area (Å²) in [4.78, 5) is 5.32. The lowest BCUT2D eigenvalue weighted by Gasteiger charge is -2.32. The number of likely N-dealkylation sites (tertiary alicyclic amines) is 2. The summed E-state index contributed by atoms with van der Waals surface area (Å²) in [5.41, 5.74) is 0. The fraction of sp³-hybridized carbons (Fsp3) is 0.933. The third kappa shape index (κ3) is 4.59. The zero-order chi connectivity index (χ0) is 11.9. The standard InChI is InChI=1S/C15H29N2/c1-2-15-7-13-17(14-8-15)12-6-11-16-9-4-3-5-10-16/h15H,1-14H2. The Bertz CT molecular complexity index is 191. The van der Waals surface area contributed by atoms with Gasteiger partial charge in [-0.25, -0.2) is 0 Å². The summed E-state index contributed by atoms with van der Waals surface area (Å²) in [6, 6.07) is 0. The Morgan fingerprint density at radius 2 is 1.41 bits per heavy atom. The molecule has 0 aromatic carbocycles. The molecule has 0 aliphatic carbocycles. The maximum absolute atomic E-state index is 4.03. The first kappa shape index (κ1) is 13.4. The summed E-state index contributed by atoms with van der Waals surface area (Å²) < 4.78 is 0. The van der Waals surface area contributed by atoms with Crippen molar-refractivity contribution in [3.8, 4) is 0 Å². The molecule has 0 atom stereocenters. The molecule has 1 radical (unpaired) electrons. The third-order valence-electron chi connectivity index (χ3n) is 4.51. The molecule has 0 amide bonds. The Balaban J connectivity index is 1.53. The molecule has 2 nitrogen and oxygen atoms in total. The first-order valence-electron chi connectivity index (χ1n) is 7.62. The van der Waals surface area contributed by atoms with E-state index in [0.29, 0.717) is 0 Å². The minimum Gasteiger partial charge on any atom is -0.303 e. The van der Waals surface area contributed by atoms with E-state index in [1.54, 1.807) is 0 Å². The summed E-state index contributed by atoms with van der Waals surface area (Å²) in [7, 11) is 0. The Labute approximate surface area is 107 Å². The molecule has 2 fully saturated rings. The molecule has 99 valence electrons. The van der Waals surface area contributed by atoms with Crippen molar-refractivity contribution in [3.63, 3.8) is 0 Å². The van der Waals surface area contributed by atoms with Crippen molar-refractivity contribution in [3.05, 3.63) is 6.92 Å². The lowest BCUT2D eigenvalue weighted by atomic mass is 9.94. The van der Waals surface area contributed by atoms with Crippen LogP contribution < -0.4 is 0 Å². The molecule has 2 rings (SSSR count). The fourth-order valence-corrected chi connectivity index (χ4v) is 3.20. The zero-order valence-electron chi connectivity index (χ0n) is 11.4. The summed E-state index contributed by atoms with van der Waals surface area (Å²) in [6.07, 6.45) is 9.58. The SMILES string of the molecule is [CH2]CC1CCN(CCCN2CCCCC2)CC1. The highest BCUT2D eigenvalue weighted by Crippen LogP contribution is 2.19. The fourth-order valence-electron chi connectivity index (χ4n) is 3.20. The second-order valence-corrected chi connectivity index (χ2v) is 5.83. The van der Waals surface area contributed by atoms with Gasteiger partial charge in [0.15, 0.2) is 0 Å². The van der Waals surface area contributed by atoms with Gasteiger partial charge in [-0.3, -0.25) is 0 Å². The topological polar surface area (TPSA) is 6.48 Å². The molecule has 0 unspecified atom stereocenters. The van der Waals surface area contributed by atoms with Crippen LogP contribution in [-0.2, 0) is 0 Å². The monoisotopic (exact) mass is 237 g/mol. The summed E-state index contributed by atoms with van der Waals surface area (Å²) in [5.74, 6) is 0.911. The first-order valence-corrected chi connectivity index (χ1v) is 7.62. The number of hydrogen-bond donors (Lipinski definition) is 0. The molecule has 2 aliphatic heterocycles. The molecule has 0 saturated carbocycles. The summed E-state index contributed by atoms with van der Waals surface area (Å²) >= 11 is 0. The van der Waals surface area contributed by atoms with Crippen LogP contribution in [0.3, 0.4) is 0 Å². The molecule has 17 heavy (non-hydrogen) atoms. The van der Waals surface area contributed by atoms with Gasteiger partial charge in [0, 0.05) is 0 Å². The Morgan fingerprint density at radius 3 is 2.00 bits per heavy atom. The van der Waals surface area contributed by atoms with Gasteiger partial charge < -0.3 is 9.80 Å². The molecule has 2 heteroatoms. The lowest BCUT2D eigenvalue weighted by Crippen LogP contribution is -2.37. The second kappa shape index (κ2) is 7.38. The number of nitrogens with zero attached hydrogens (tertiary/aromatic N) is 2. The van der Waals surface area contributed by atoms with Gasteiger partial charge in [0.05, 0.1) is 0 Å². The van der Waals surface area contributed by atoms with Crippen molar-refractivity contribution in [2.75, 3.05) is 39.3 Å². The molecule has 0 N–H and O–H groups in total. The lowest BCUT2D eigenvalue weighted by molar-refractivity contribution is 0.165. The van der Waals surface area contributed by atoms with Gasteiger partial charge in [-0.15, -0.1) is 0 Å². The van der Waals surface area contributed by atoms with Crippen molar-refractivity contribution in [2.24, 2.45) is 5.92 Å². The number of piperidine rings is 2. The highest BCUT2D eigenvalue weighted by atomic mass is 15.1. The maximum Gasteiger partial charge on any atom is -0.000654 e. The van der Waals surface area contributed by atoms with E-state index in [1.807, 2.05) is 0 Å². The second-order valence-electron chi connectivity index (χ2n) is 5.83. The van der Waals surface area contributed by atoms with Crippen LogP contribution in [0.2, 0.25) is 0 Å². The molecule has 2 saturated heterocycles. The third-order valence-corrected chi connectivity index (χ3v) is 4.51. The molecular formula is C15H29N2. The van der Waals surface area contributed by atoms with Gasteiger partial charge in [0.25, 0.3) is 0 Å². The highest BCUT2D eigenvalue weighted by Gasteiger charge is 2.17. The largest absolute Gasteiger partial charge is 0.303 e. The summed E-state index contributed by atoms with van der Waals surface area (Å²) in [5, 5.41) is 0. The molecule has 0 spiro atoms. The minimum atomic E-state index is 0.911. The van der Waals surface area contributed by atoms with E-state index in [-0.39, 0.29) is 0 Å². The van der Waals surface area contributed by atoms with Crippen LogP contribution in [-0.4, -0.2) is 49.1 Å². The predicted octanol–water partition coefficient (Wildman–Crippen LogP) is 2.80. The van der Waals surface area contributed by atoms with Crippen molar-refractivity contribution >= 4 is 0 Å². The maximum atomic E-state index is 4.03. The predicted molar refractivity (Wildman–Crippen MR) is 74.0 cm³/mol. The Morgan fingerprint density at radius 1 is 0.824 bits per heavy atom. The highest BCUT2D eigenvalue weighted by molar-refractivity contribution is 4.73. The van der Waals surface area contributed by atoms with Gasteiger partial charge in [-0.05, 0) is 77.3 Å². The van der Waals surface area contributed by atoms with E-state index < -0.39 is 0 Å². The first-order chi connectivity index (χ1) is 8.38. The van der Waals surface area contributed by atoms with E-state index in [1.165, 1.54) is 77.8 Å². The van der Waals surface area contributed by atoms with Crippen molar-refractivity contribution in [2.45, 2.75) is 44.9 Å². The average molecular weight is 237 g/mol. The van der Waals surface area contributed by atoms with E-state index in [4.69, 9.17) is 0 Å². The van der Waals surface area contributed by atoms with E-state index >= 15 is 0 Å². The van der Waals surface area contributed by atoms with E-state index in [0.717, 1.165) is 12.3 Å². The van der Waals surface area contributed by atoms with Crippen molar-refractivity contribution in [1.29, 1.82) is 0 Å². The van der Waals surface area contributed by atoms with Crippen LogP contribution in [0.4, 0.5) is 0 Å². The van der Waals surface area contributed by atoms with Crippen LogP contribution in [0.15, 0.2) is 0 Å². The van der Waals surface area contributed by atoms with Gasteiger partial charge in [-0.1, -0.05) is 19.8 Å². The normalized spacial score (nSPS) is 25.2. The Hall–Kier alpha value is -0.0800. The molecular weight excluding hydrogens is 208 g/mol. The minimum absolute atomic E-state index is 0.911. The molecule has 0 aromatic heterocycles. The van der Waals surface area contributed by atoms with Crippen molar-refractivity contribution < 1.29 is 0 Å². The van der Waals surface area contributed by atoms with Gasteiger partial charge in [0.2, 0.25) is 0 Å². The molecule has 2 heterocycles. The van der Waals surface area contributed by atoms with Crippen LogP contribution in [0.1, 0.15) is 44.9 Å². The zero-order valence-corrected chi connectivity index (χ0v) is 11.4. The molecule has 0 bridgehead atoms. The van der Waals surface area contributed by atoms with Crippen LogP contribution in [0.5, 0.6) is 0 Å². The quantitative estimate of drug-likeness (QED) is 0.725. The smallest absolute Gasteiger partial charge is 0.000654 e. The van der Waals surface area contributed by atoms with E-state index in [9.17, 15) is 0 Å². The average Bonchev–Trinajstić information content (AvgIpc) is 2.41. The van der Waals surface area contributed by atoms with Crippen LogP contribution >= 0.6 is 0 Å². The van der Waals surface area contributed by atoms with Crippen LogP contribution in [0.25, 0.3) is 0 Å². The number of hydrogen-bond acceptors (Lipinski definition) is 2. The van der Waals surface area contributed by atoms with Gasteiger partial charge in [0.1, 0.15) is 0 Å². The molecule has 0 aromatic rings. The Kier molecular flexibility index (Phi) is 5.79. The van der Waals surface area contributed by atoms with Gasteiger partial charge >= 0.3 is 0 Å².